The van der Waals surface area contributed by atoms with E-state index in [1.807, 2.05) is 0 Å². The van der Waals surface area contributed by atoms with Gasteiger partial charge in [-0.05, 0) is 43.2 Å². The van der Waals surface area contributed by atoms with Crippen LogP contribution in [0.2, 0.25) is 0 Å². The second-order valence-corrected chi connectivity index (χ2v) is 7.03. The zero-order chi connectivity index (χ0) is 19.5. The van der Waals surface area contributed by atoms with Crippen molar-refractivity contribution in [3.8, 4) is 0 Å². The number of hydrogen-bond donors (Lipinski definition) is 2. The number of rotatable bonds is 4. The van der Waals surface area contributed by atoms with Crippen molar-refractivity contribution in [3.05, 3.63) is 48.4 Å². The Morgan fingerprint density at radius 3 is 2.21 bits per heavy atom. The van der Waals surface area contributed by atoms with Gasteiger partial charge in [-0.25, -0.2) is 4.79 Å². The molecule has 4 rings (SSSR count). The van der Waals surface area contributed by atoms with Crippen molar-refractivity contribution in [3.63, 3.8) is 0 Å². The van der Waals surface area contributed by atoms with Crippen LogP contribution in [0, 0.1) is 5.92 Å². The third kappa shape index (κ3) is 4.16. The lowest BCUT2D eigenvalue weighted by molar-refractivity contribution is -0.117. The normalized spacial score (nSPS) is 16.6. The summed E-state index contributed by atoms with van der Waals surface area (Å²) in [6.07, 6.45) is 3.35. The molecular weight excluding hydrogens is 360 g/mol. The van der Waals surface area contributed by atoms with Crippen LogP contribution in [0.1, 0.15) is 23.4 Å². The molecule has 1 aliphatic heterocycles. The summed E-state index contributed by atoms with van der Waals surface area (Å²) in [4.78, 5) is 40.0. The summed E-state index contributed by atoms with van der Waals surface area (Å²) in [6.45, 7) is 1.78. The average molecular weight is 382 g/mol. The van der Waals surface area contributed by atoms with E-state index in [9.17, 15) is 14.4 Å². The summed E-state index contributed by atoms with van der Waals surface area (Å²) in [5, 5.41) is 5.73. The lowest BCUT2D eigenvalue weighted by Gasteiger charge is -2.34. The third-order valence-corrected chi connectivity index (χ3v) is 4.92. The molecule has 1 aromatic heterocycles. The van der Waals surface area contributed by atoms with Crippen molar-refractivity contribution in [1.29, 1.82) is 0 Å². The van der Waals surface area contributed by atoms with E-state index in [0.717, 1.165) is 12.8 Å². The van der Waals surface area contributed by atoms with E-state index in [1.165, 1.54) is 6.26 Å². The van der Waals surface area contributed by atoms with Gasteiger partial charge in [0.2, 0.25) is 5.91 Å². The van der Waals surface area contributed by atoms with Gasteiger partial charge in [0.05, 0.1) is 6.26 Å². The Morgan fingerprint density at radius 1 is 0.893 bits per heavy atom. The number of nitrogens with zero attached hydrogens (tertiary/aromatic N) is 2. The summed E-state index contributed by atoms with van der Waals surface area (Å²) in [5.41, 5.74) is 1.29. The van der Waals surface area contributed by atoms with E-state index in [1.54, 1.807) is 46.2 Å². The van der Waals surface area contributed by atoms with Gasteiger partial charge in [0.25, 0.3) is 5.91 Å². The molecule has 2 heterocycles. The topological polar surface area (TPSA) is 94.9 Å². The Hall–Kier alpha value is -3.29. The molecule has 28 heavy (non-hydrogen) atoms. The number of urea groups is 1. The van der Waals surface area contributed by atoms with Crippen LogP contribution in [0.4, 0.5) is 16.2 Å². The molecule has 8 heteroatoms. The molecule has 2 fully saturated rings. The van der Waals surface area contributed by atoms with Crippen molar-refractivity contribution < 1.29 is 18.8 Å². The highest BCUT2D eigenvalue weighted by Gasteiger charge is 2.29. The van der Waals surface area contributed by atoms with Gasteiger partial charge in [0.15, 0.2) is 5.76 Å². The van der Waals surface area contributed by atoms with Gasteiger partial charge in [0.1, 0.15) is 0 Å². The van der Waals surface area contributed by atoms with E-state index in [-0.39, 0.29) is 23.8 Å². The minimum Gasteiger partial charge on any atom is -0.459 e. The number of amides is 4. The van der Waals surface area contributed by atoms with Crippen molar-refractivity contribution in [1.82, 2.24) is 9.80 Å². The third-order valence-electron chi connectivity index (χ3n) is 4.92. The van der Waals surface area contributed by atoms with Crippen LogP contribution in [0.25, 0.3) is 0 Å². The second-order valence-electron chi connectivity index (χ2n) is 7.03. The average Bonchev–Trinajstić information content (AvgIpc) is 3.42. The van der Waals surface area contributed by atoms with E-state index >= 15 is 0 Å². The second kappa shape index (κ2) is 7.75. The van der Waals surface area contributed by atoms with Crippen LogP contribution in [0.15, 0.2) is 47.1 Å². The van der Waals surface area contributed by atoms with Gasteiger partial charge < -0.3 is 24.9 Å². The quantitative estimate of drug-likeness (QED) is 0.850. The molecule has 0 bridgehead atoms. The molecule has 0 radical (unpaired) electrons. The number of benzene rings is 1. The molecular formula is C20H22N4O4. The molecule has 1 aliphatic carbocycles. The van der Waals surface area contributed by atoms with Crippen molar-refractivity contribution in [2.75, 3.05) is 36.8 Å². The summed E-state index contributed by atoms with van der Waals surface area (Å²) in [7, 11) is 0. The largest absolute Gasteiger partial charge is 0.459 e. The molecule has 0 atom stereocenters. The smallest absolute Gasteiger partial charge is 0.321 e. The summed E-state index contributed by atoms with van der Waals surface area (Å²) < 4.78 is 5.14. The van der Waals surface area contributed by atoms with Crippen molar-refractivity contribution in [2.24, 2.45) is 5.92 Å². The van der Waals surface area contributed by atoms with Gasteiger partial charge in [0, 0.05) is 43.5 Å². The van der Waals surface area contributed by atoms with Crippen LogP contribution >= 0.6 is 0 Å². The Morgan fingerprint density at radius 2 is 1.57 bits per heavy atom. The van der Waals surface area contributed by atoms with E-state index in [0.29, 0.717) is 43.3 Å². The highest BCUT2D eigenvalue weighted by Crippen LogP contribution is 2.30. The molecule has 146 valence electrons. The number of piperazine rings is 1. The van der Waals surface area contributed by atoms with Crippen LogP contribution in [-0.4, -0.2) is 53.8 Å². The first-order chi connectivity index (χ1) is 13.6. The lowest BCUT2D eigenvalue weighted by Crippen LogP contribution is -2.51. The summed E-state index contributed by atoms with van der Waals surface area (Å²) in [6, 6.07) is 10.2. The van der Waals surface area contributed by atoms with Gasteiger partial charge in [-0.2, -0.15) is 0 Å². The fourth-order valence-corrected chi connectivity index (χ4v) is 3.14. The predicted molar refractivity (Wildman–Crippen MR) is 103 cm³/mol. The van der Waals surface area contributed by atoms with Gasteiger partial charge in [-0.1, -0.05) is 6.07 Å². The fraction of sp³-hybridized carbons (Fsp3) is 0.350. The van der Waals surface area contributed by atoms with Crippen molar-refractivity contribution >= 4 is 29.2 Å². The first kappa shape index (κ1) is 18.1. The van der Waals surface area contributed by atoms with Crippen LogP contribution in [-0.2, 0) is 4.79 Å². The number of furan rings is 1. The zero-order valence-corrected chi connectivity index (χ0v) is 15.4. The molecule has 1 aromatic carbocycles. The zero-order valence-electron chi connectivity index (χ0n) is 15.4. The Bertz CT molecular complexity index is 868. The minimum absolute atomic E-state index is 0.0285. The maximum Gasteiger partial charge on any atom is 0.321 e. The molecule has 0 spiro atoms. The predicted octanol–water partition coefficient (Wildman–Crippen LogP) is 2.62. The number of hydrogen-bond acceptors (Lipinski definition) is 4. The highest BCUT2D eigenvalue weighted by atomic mass is 16.3. The fourth-order valence-electron chi connectivity index (χ4n) is 3.14. The lowest BCUT2D eigenvalue weighted by atomic mass is 10.2. The Balaban J connectivity index is 1.29. The summed E-state index contributed by atoms with van der Waals surface area (Å²) >= 11 is 0. The molecule has 0 unspecified atom stereocenters. The SMILES string of the molecule is O=C(Nc1cccc(NC(=O)N2CCN(C(=O)c3ccco3)CC2)c1)C1CC1. The molecule has 1 saturated heterocycles. The monoisotopic (exact) mass is 382 g/mol. The number of carbonyl (C=O) groups is 3. The first-order valence-corrected chi connectivity index (χ1v) is 9.40. The van der Waals surface area contributed by atoms with E-state index in [4.69, 9.17) is 4.42 Å². The Kier molecular flexibility index (Phi) is 5.01. The first-order valence-electron chi connectivity index (χ1n) is 9.40. The Labute approximate surface area is 162 Å². The van der Waals surface area contributed by atoms with E-state index in [2.05, 4.69) is 10.6 Å². The molecule has 8 nitrogen and oxygen atoms in total. The van der Waals surface area contributed by atoms with Gasteiger partial charge in [-0.15, -0.1) is 0 Å². The number of nitrogens with one attached hydrogen (secondary N) is 2. The molecule has 2 aromatic rings. The molecule has 4 amide bonds. The summed E-state index contributed by atoms with van der Waals surface area (Å²) in [5.74, 6) is 0.298. The molecule has 2 aliphatic rings. The highest BCUT2D eigenvalue weighted by molar-refractivity contribution is 5.96. The van der Waals surface area contributed by atoms with Crippen LogP contribution < -0.4 is 10.6 Å². The maximum atomic E-state index is 12.5. The van der Waals surface area contributed by atoms with Crippen LogP contribution in [0.3, 0.4) is 0 Å². The van der Waals surface area contributed by atoms with Gasteiger partial charge in [-0.3, -0.25) is 9.59 Å². The van der Waals surface area contributed by atoms with Gasteiger partial charge >= 0.3 is 6.03 Å². The number of carbonyl (C=O) groups excluding carboxylic acids is 3. The van der Waals surface area contributed by atoms with Crippen molar-refractivity contribution in [2.45, 2.75) is 12.8 Å². The van der Waals surface area contributed by atoms with E-state index < -0.39 is 0 Å². The standard InChI is InChI=1S/C20H22N4O4/c25-18(14-6-7-14)21-15-3-1-4-16(13-15)22-20(27)24-10-8-23(9-11-24)19(26)17-5-2-12-28-17/h1-5,12-14H,6-11H2,(H,21,25)(H,22,27). The maximum absolute atomic E-state index is 12.5. The molecule has 1 saturated carbocycles. The minimum atomic E-state index is -0.226. The van der Waals surface area contributed by atoms with Crippen LogP contribution in [0.5, 0.6) is 0 Å². The number of anilines is 2. The molecule has 2 N–H and O–H groups in total.